The van der Waals surface area contributed by atoms with Crippen molar-refractivity contribution in [1.82, 2.24) is 15.2 Å². The zero-order valence-electron chi connectivity index (χ0n) is 19.1. The van der Waals surface area contributed by atoms with Gasteiger partial charge in [0.25, 0.3) is 5.56 Å². The number of nitrogens with two attached hydrogens (primary N) is 1. The Hall–Kier alpha value is -2.86. The van der Waals surface area contributed by atoms with Gasteiger partial charge in [0.05, 0.1) is 21.9 Å². The average molecular weight is 540 g/mol. The third-order valence-electron chi connectivity index (χ3n) is 5.88. The number of amides is 1. The lowest BCUT2D eigenvalue weighted by molar-refractivity contribution is -0.117. The van der Waals surface area contributed by atoms with Gasteiger partial charge in [-0.05, 0) is 38.5 Å². The van der Waals surface area contributed by atoms with Crippen molar-refractivity contribution < 1.29 is 4.79 Å². The van der Waals surface area contributed by atoms with E-state index in [2.05, 4.69) is 15.2 Å². The maximum absolute atomic E-state index is 13.6. The van der Waals surface area contributed by atoms with Crippen LogP contribution in [-0.4, -0.2) is 26.8 Å². The molecule has 0 bridgehead atoms. The van der Waals surface area contributed by atoms with E-state index < -0.39 is 11.1 Å². The highest BCUT2D eigenvalue weighted by Crippen LogP contribution is 2.52. The molecule has 3 heterocycles. The monoisotopic (exact) mass is 539 g/mol. The number of nitrogens with one attached hydrogen (secondary N) is 1. The topological polar surface area (TPSA) is 105 Å². The Morgan fingerprint density at radius 2 is 1.94 bits per heavy atom. The summed E-state index contributed by atoms with van der Waals surface area (Å²) in [5.74, 6) is -0.0140. The van der Waals surface area contributed by atoms with Gasteiger partial charge >= 0.3 is 0 Å². The van der Waals surface area contributed by atoms with Crippen LogP contribution in [-0.2, 0) is 10.3 Å². The molecule has 1 amide bonds. The first-order valence-corrected chi connectivity index (χ1v) is 14.2. The Bertz CT molecular complexity index is 1590. The van der Waals surface area contributed by atoms with Gasteiger partial charge in [0.1, 0.15) is 3.82 Å². The van der Waals surface area contributed by atoms with Crippen molar-refractivity contribution in [2.75, 3.05) is 16.4 Å². The van der Waals surface area contributed by atoms with Crippen LogP contribution in [0.2, 0.25) is 0 Å². The molecular formula is C24H21N5O2S4. The van der Waals surface area contributed by atoms with Gasteiger partial charge in [-0.2, -0.15) is 0 Å². The van der Waals surface area contributed by atoms with E-state index in [0.29, 0.717) is 11.3 Å². The first-order chi connectivity index (χ1) is 16.7. The number of carbonyl (C=O) groups excluding carboxylic acids is 1. The van der Waals surface area contributed by atoms with Crippen LogP contribution in [0, 0.1) is 10.7 Å². The summed E-state index contributed by atoms with van der Waals surface area (Å²) in [7, 11) is 3.18. The predicted octanol–water partition coefficient (Wildman–Crippen LogP) is 5.62. The van der Waals surface area contributed by atoms with Crippen LogP contribution in [0.1, 0.15) is 24.3 Å². The summed E-state index contributed by atoms with van der Waals surface area (Å²) < 4.78 is 0.844. The minimum atomic E-state index is -0.570. The number of nitrogens with zero attached hydrogens (tertiary/aromatic N) is 3. The second-order valence-corrected chi connectivity index (χ2v) is 12.4. The van der Waals surface area contributed by atoms with Gasteiger partial charge in [-0.15, -0.1) is 10.2 Å². The molecule has 0 fully saturated rings. The molecule has 5 rings (SSSR count). The molecule has 0 saturated heterocycles. The van der Waals surface area contributed by atoms with E-state index in [1.165, 1.54) is 0 Å². The van der Waals surface area contributed by atoms with Crippen molar-refractivity contribution in [2.24, 2.45) is 0 Å². The maximum atomic E-state index is 13.6. The smallest absolute Gasteiger partial charge is 0.278 e. The largest absolute Gasteiger partial charge is 0.398 e. The molecule has 1 aliphatic rings. The summed E-state index contributed by atoms with van der Waals surface area (Å²) in [5, 5.41) is 8.48. The Morgan fingerprint density at radius 1 is 1.17 bits per heavy atom. The number of benzene rings is 2. The second kappa shape index (κ2) is 8.98. The third-order valence-corrected chi connectivity index (χ3v) is 10.1. The number of anilines is 2. The summed E-state index contributed by atoms with van der Waals surface area (Å²) in [5.41, 5.74) is 10.0. The molecule has 0 spiro atoms. The first kappa shape index (κ1) is 23.9. The van der Waals surface area contributed by atoms with E-state index >= 15 is 0 Å². The molecule has 0 saturated carbocycles. The van der Waals surface area contributed by atoms with E-state index in [4.69, 9.17) is 18.0 Å². The SMILES string of the molecule is Cc1ccc2c(c1)N(C(=O)CSc1nnc(-c3ccccc3N)c(=O)[nH]1)C(C)(C)c1ssc(=S)c1-2. The molecule has 0 aliphatic carbocycles. The number of aromatic amines is 1. The highest BCUT2D eigenvalue weighted by atomic mass is 32.9. The van der Waals surface area contributed by atoms with Gasteiger partial charge in [-0.1, -0.05) is 75.0 Å². The molecule has 1 aliphatic heterocycles. The number of hydrogen-bond donors (Lipinski definition) is 2. The van der Waals surface area contributed by atoms with Crippen LogP contribution in [0.3, 0.4) is 0 Å². The molecule has 178 valence electrons. The second-order valence-electron chi connectivity index (χ2n) is 8.65. The quantitative estimate of drug-likeness (QED) is 0.150. The highest BCUT2D eigenvalue weighted by molar-refractivity contribution is 7.99. The fourth-order valence-electron chi connectivity index (χ4n) is 4.25. The number of rotatable bonds is 4. The molecular weight excluding hydrogens is 519 g/mol. The number of fused-ring (bicyclic) bond motifs is 3. The Balaban J connectivity index is 1.44. The normalized spacial score (nSPS) is 13.9. The van der Waals surface area contributed by atoms with E-state index in [1.807, 2.05) is 43.9 Å². The van der Waals surface area contributed by atoms with Gasteiger partial charge in [0.2, 0.25) is 5.91 Å². The number of hydrogen-bond acceptors (Lipinski definition) is 9. The van der Waals surface area contributed by atoms with Crippen LogP contribution in [0.25, 0.3) is 22.4 Å². The minimum Gasteiger partial charge on any atom is -0.398 e. The van der Waals surface area contributed by atoms with E-state index in [0.717, 1.165) is 42.8 Å². The van der Waals surface area contributed by atoms with E-state index in [9.17, 15) is 9.59 Å². The molecule has 0 radical (unpaired) electrons. The zero-order valence-corrected chi connectivity index (χ0v) is 22.4. The fraction of sp³-hybridized carbons (Fsp3) is 0.208. The molecule has 3 N–H and O–H groups in total. The van der Waals surface area contributed by atoms with Crippen LogP contribution in [0.4, 0.5) is 11.4 Å². The first-order valence-electron chi connectivity index (χ1n) is 10.7. The van der Waals surface area contributed by atoms with Gasteiger partial charge in [-0.3, -0.25) is 14.6 Å². The number of aromatic nitrogens is 3. The van der Waals surface area contributed by atoms with Gasteiger partial charge in [0, 0.05) is 22.4 Å². The molecule has 35 heavy (non-hydrogen) atoms. The standard InChI is InChI=1S/C24H21N5O2S4/c1-12-8-9-14-16(10-12)29(24(2,3)20-18(14)22(32)35-34-20)17(30)11-33-23-26-21(31)19(27-28-23)13-6-4-5-7-15(13)25/h4-10H,11,25H2,1-3H3,(H,26,28,31). The predicted molar refractivity (Wildman–Crippen MR) is 147 cm³/mol. The number of H-pyrrole nitrogens is 1. The number of carbonyl (C=O) groups is 1. The Morgan fingerprint density at radius 3 is 2.69 bits per heavy atom. The molecule has 2 aromatic heterocycles. The third kappa shape index (κ3) is 4.12. The number of thioether (sulfide) groups is 1. The summed E-state index contributed by atoms with van der Waals surface area (Å²) in [4.78, 5) is 31.9. The lowest BCUT2D eigenvalue weighted by Gasteiger charge is -2.43. The summed E-state index contributed by atoms with van der Waals surface area (Å²) in [6.45, 7) is 6.09. The molecule has 4 aromatic rings. The van der Waals surface area contributed by atoms with Crippen molar-refractivity contribution in [3.63, 3.8) is 0 Å². The van der Waals surface area contributed by atoms with Crippen LogP contribution < -0.4 is 16.2 Å². The van der Waals surface area contributed by atoms with Crippen molar-refractivity contribution in [3.05, 3.63) is 67.1 Å². The molecule has 11 heteroatoms. The van der Waals surface area contributed by atoms with Crippen molar-refractivity contribution in [2.45, 2.75) is 31.5 Å². The number of para-hydroxylation sites is 1. The summed E-state index contributed by atoms with van der Waals surface area (Å²) >= 11 is 6.78. The van der Waals surface area contributed by atoms with Crippen LogP contribution in [0.15, 0.2) is 52.4 Å². The van der Waals surface area contributed by atoms with Gasteiger partial charge in [0.15, 0.2) is 10.9 Å². The van der Waals surface area contributed by atoms with Gasteiger partial charge < -0.3 is 10.6 Å². The fourth-order valence-corrected chi connectivity index (χ4v) is 8.19. The summed E-state index contributed by atoms with van der Waals surface area (Å²) in [6, 6.07) is 13.1. The maximum Gasteiger partial charge on any atom is 0.278 e. The Kier molecular flexibility index (Phi) is 6.12. The number of nitrogen functional groups attached to an aromatic ring is 1. The van der Waals surface area contributed by atoms with Crippen LogP contribution in [0.5, 0.6) is 0 Å². The lowest BCUT2D eigenvalue weighted by atomic mass is 9.87. The zero-order chi connectivity index (χ0) is 24.9. The minimum absolute atomic E-state index is 0.0825. The number of aryl methyl sites for hydroxylation is 1. The van der Waals surface area contributed by atoms with Crippen molar-refractivity contribution in [3.8, 4) is 22.4 Å². The lowest BCUT2D eigenvalue weighted by Crippen LogP contribution is -2.48. The Labute approximate surface area is 218 Å². The molecule has 0 atom stereocenters. The van der Waals surface area contributed by atoms with E-state index in [1.54, 1.807) is 44.9 Å². The van der Waals surface area contributed by atoms with Gasteiger partial charge in [-0.25, -0.2) is 0 Å². The average Bonchev–Trinajstić information content (AvgIpc) is 3.21. The molecule has 7 nitrogen and oxygen atoms in total. The van der Waals surface area contributed by atoms with Crippen molar-refractivity contribution >= 4 is 61.9 Å². The van der Waals surface area contributed by atoms with Crippen molar-refractivity contribution in [1.29, 1.82) is 0 Å². The highest BCUT2D eigenvalue weighted by Gasteiger charge is 2.42. The molecule has 0 unspecified atom stereocenters. The van der Waals surface area contributed by atoms with E-state index in [-0.39, 0.29) is 22.5 Å². The summed E-state index contributed by atoms with van der Waals surface area (Å²) in [6.07, 6.45) is 0. The molecule has 2 aromatic carbocycles. The van der Waals surface area contributed by atoms with Crippen LogP contribution >= 0.6 is 44.7 Å².